The molecular formula is C11H15ClO2. The molecule has 0 aromatic carbocycles. The second-order valence-electron chi connectivity index (χ2n) is 3.22. The first-order chi connectivity index (χ1) is 6.74. The van der Waals surface area contributed by atoms with Crippen molar-refractivity contribution in [2.24, 2.45) is 0 Å². The standard InChI is InChI=1S/C11H15ClO2/c1-2-14-11(13)8-10(12)9-6-4-3-5-7-9/h6,8H,2-5,7H2,1H3/b10-8-. The molecule has 0 unspecified atom stereocenters. The Hall–Kier alpha value is -0.760. The molecule has 0 heterocycles. The van der Waals surface area contributed by atoms with Gasteiger partial charge in [-0.1, -0.05) is 17.7 Å². The van der Waals surface area contributed by atoms with E-state index in [1.165, 1.54) is 12.5 Å². The van der Waals surface area contributed by atoms with Crippen LogP contribution in [-0.4, -0.2) is 12.6 Å². The number of esters is 1. The molecule has 78 valence electrons. The summed E-state index contributed by atoms with van der Waals surface area (Å²) in [5.41, 5.74) is 1.07. The zero-order valence-corrected chi connectivity index (χ0v) is 9.14. The zero-order chi connectivity index (χ0) is 10.4. The molecule has 0 radical (unpaired) electrons. The lowest BCUT2D eigenvalue weighted by Gasteiger charge is -2.11. The van der Waals surface area contributed by atoms with Gasteiger partial charge in [-0.05, 0) is 38.2 Å². The van der Waals surface area contributed by atoms with Crippen LogP contribution in [0, 0.1) is 0 Å². The first-order valence-electron chi connectivity index (χ1n) is 4.97. The van der Waals surface area contributed by atoms with Crippen LogP contribution >= 0.6 is 11.6 Å². The van der Waals surface area contributed by atoms with Crippen LogP contribution in [0.15, 0.2) is 22.8 Å². The Kier molecular flexibility index (Phi) is 4.74. The predicted octanol–water partition coefficient (Wildman–Crippen LogP) is 3.17. The third kappa shape index (κ3) is 3.54. The summed E-state index contributed by atoms with van der Waals surface area (Å²) < 4.78 is 4.78. The maximum atomic E-state index is 11.1. The van der Waals surface area contributed by atoms with Gasteiger partial charge in [0.2, 0.25) is 0 Å². The van der Waals surface area contributed by atoms with Crippen LogP contribution in [0.3, 0.4) is 0 Å². The van der Waals surface area contributed by atoms with E-state index in [4.69, 9.17) is 16.3 Å². The van der Waals surface area contributed by atoms with E-state index in [2.05, 4.69) is 6.08 Å². The van der Waals surface area contributed by atoms with Gasteiger partial charge in [0.1, 0.15) is 0 Å². The number of carbonyl (C=O) groups is 1. The fourth-order valence-electron chi connectivity index (χ4n) is 1.44. The van der Waals surface area contributed by atoms with Gasteiger partial charge in [-0.15, -0.1) is 0 Å². The van der Waals surface area contributed by atoms with E-state index in [0.29, 0.717) is 11.6 Å². The number of hydrogen-bond acceptors (Lipinski definition) is 2. The molecule has 0 saturated heterocycles. The van der Waals surface area contributed by atoms with Crippen molar-refractivity contribution < 1.29 is 9.53 Å². The molecule has 3 heteroatoms. The molecule has 0 aromatic heterocycles. The molecule has 1 rings (SSSR count). The third-order valence-corrected chi connectivity index (χ3v) is 2.48. The minimum absolute atomic E-state index is 0.357. The number of hydrogen-bond donors (Lipinski definition) is 0. The van der Waals surface area contributed by atoms with Gasteiger partial charge in [-0.25, -0.2) is 4.79 Å². The average Bonchev–Trinajstić information content (AvgIpc) is 2.19. The van der Waals surface area contributed by atoms with E-state index >= 15 is 0 Å². The second-order valence-corrected chi connectivity index (χ2v) is 3.63. The van der Waals surface area contributed by atoms with Gasteiger partial charge in [0.05, 0.1) is 11.6 Å². The summed E-state index contributed by atoms with van der Waals surface area (Å²) in [6.07, 6.45) is 7.85. The highest BCUT2D eigenvalue weighted by Gasteiger charge is 2.08. The SMILES string of the molecule is CCOC(=O)/C=C(\Cl)C1=CCCCC1. The van der Waals surface area contributed by atoms with Gasteiger partial charge in [0.25, 0.3) is 0 Å². The summed E-state index contributed by atoms with van der Waals surface area (Å²) in [6.45, 7) is 2.16. The van der Waals surface area contributed by atoms with E-state index in [1.54, 1.807) is 6.92 Å². The second kappa shape index (κ2) is 5.86. The summed E-state index contributed by atoms with van der Waals surface area (Å²) in [7, 11) is 0. The molecule has 0 aliphatic heterocycles. The fraction of sp³-hybridized carbons (Fsp3) is 0.545. The predicted molar refractivity (Wildman–Crippen MR) is 57.1 cm³/mol. The smallest absolute Gasteiger partial charge is 0.332 e. The van der Waals surface area contributed by atoms with Crippen molar-refractivity contribution in [2.75, 3.05) is 6.61 Å². The van der Waals surface area contributed by atoms with Crippen LogP contribution in [0.2, 0.25) is 0 Å². The lowest BCUT2D eigenvalue weighted by atomic mass is 9.99. The van der Waals surface area contributed by atoms with Crippen molar-refractivity contribution in [3.05, 3.63) is 22.8 Å². The van der Waals surface area contributed by atoms with Crippen LogP contribution in [0.25, 0.3) is 0 Å². The Bertz CT molecular complexity index is 266. The lowest BCUT2D eigenvalue weighted by molar-refractivity contribution is -0.137. The molecule has 0 spiro atoms. The van der Waals surface area contributed by atoms with Crippen molar-refractivity contribution in [1.82, 2.24) is 0 Å². The van der Waals surface area contributed by atoms with Crippen LogP contribution in [-0.2, 0) is 9.53 Å². The molecule has 0 N–H and O–H groups in total. The van der Waals surface area contributed by atoms with Crippen LogP contribution < -0.4 is 0 Å². The van der Waals surface area contributed by atoms with Crippen molar-refractivity contribution >= 4 is 17.6 Å². The summed E-state index contributed by atoms with van der Waals surface area (Å²) in [5.74, 6) is -0.357. The minimum Gasteiger partial charge on any atom is -0.463 e. The van der Waals surface area contributed by atoms with Crippen molar-refractivity contribution in [1.29, 1.82) is 0 Å². The molecule has 1 aliphatic rings. The van der Waals surface area contributed by atoms with E-state index in [9.17, 15) is 4.79 Å². The minimum atomic E-state index is -0.357. The van der Waals surface area contributed by atoms with Crippen LogP contribution in [0.4, 0.5) is 0 Å². The Morgan fingerprint density at radius 1 is 1.64 bits per heavy atom. The van der Waals surface area contributed by atoms with Gasteiger partial charge >= 0.3 is 5.97 Å². The Labute approximate surface area is 89.6 Å². The van der Waals surface area contributed by atoms with E-state index in [-0.39, 0.29) is 5.97 Å². The largest absolute Gasteiger partial charge is 0.463 e. The van der Waals surface area contributed by atoms with E-state index in [0.717, 1.165) is 24.8 Å². The maximum absolute atomic E-state index is 11.1. The molecule has 0 bridgehead atoms. The normalized spacial score (nSPS) is 17.6. The summed E-state index contributed by atoms with van der Waals surface area (Å²) in [4.78, 5) is 11.1. The molecule has 0 aromatic rings. The molecular weight excluding hydrogens is 200 g/mol. The monoisotopic (exact) mass is 214 g/mol. The summed E-state index contributed by atoms with van der Waals surface area (Å²) >= 11 is 5.98. The highest BCUT2D eigenvalue weighted by molar-refractivity contribution is 6.33. The molecule has 0 amide bonds. The molecule has 2 nitrogen and oxygen atoms in total. The number of carbonyl (C=O) groups excluding carboxylic acids is 1. The van der Waals surface area contributed by atoms with Gasteiger partial charge in [-0.3, -0.25) is 0 Å². The van der Waals surface area contributed by atoms with Crippen molar-refractivity contribution in [3.63, 3.8) is 0 Å². The molecule has 0 atom stereocenters. The number of ether oxygens (including phenoxy) is 1. The summed E-state index contributed by atoms with van der Waals surface area (Å²) in [5, 5.41) is 0.531. The first kappa shape index (κ1) is 11.3. The first-order valence-corrected chi connectivity index (χ1v) is 5.35. The fourth-order valence-corrected chi connectivity index (χ4v) is 1.70. The van der Waals surface area contributed by atoms with E-state index in [1.807, 2.05) is 0 Å². The molecule has 0 fully saturated rings. The van der Waals surface area contributed by atoms with Gasteiger partial charge in [0.15, 0.2) is 0 Å². The van der Waals surface area contributed by atoms with Gasteiger partial charge in [0, 0.05) is 6.08 Å². The number of halogens is 1. The highest BCUT2D eigenvalue weighted by Crippen LogP contribution is 2.26. The maximum Gasteiger partial charge on any atom is 0.332 e. The van der Waals surface area contributed by atoms with Crippen molar-refractivity contribution in [3.8, 4) is 0 Å². The number of allylic oxidation sites excluding steroid dienone is 3. The van der Waals surface area contributed by atoms with Crippen LogP contribution in [0.1, 0.15) is 32.6 Å². The highest BCUT2D eigenvalue weighted by atomic mass is 35.5. The zero-order valence-electron chi connectivity index (χ0n) is 8.38. The van der Waals surface area contributed by atoms with Crippen molar-refractivity contribution in [2.45, 2.75) is 32.6 Å². The Morgan fingerprint density at radius 3 is 3.00 bits per heavy atom. The summed E-state index contributed by atoms with van der Waals surface area (Å²) in [6, 6.07) is 0. The Morgan fingerprint density at radius 2 is 2.43 bits per heavy atom. The van der Waals surface area contributed by atoms with E-state index < -0.39 is 0 Å². The average molecular weight is 215 g/mol. The topological polar surface area (TPSA) is 26.3 Å². The third-order valence-electron chi connectivity index (χ3n) is 2.13. The quantitative estimate of drug-likeness (QED) is 0.533. The Balaban J connectivity index is 2.58. The number of rotatable bonds is 3. The lowest BCUT2D eigenvalue weighted by Crippen LogP contribution is -2.01. The van der Waals surface area contributed by atoms with Gasteiger partial charge < -0.3 is 4.74 Å². The van der Waals surface area contributed by atoms with Crippen LogP contribution in [0.5, 0.6) is 0 Å². The molecule has 1 aliphatic carbocycles. The molecule has 14 heavy (non-hydrogen) atoms. The van der Waals surface area contributed by atoms with Gasteiger partial charge in [-0.2, -0.15) is 0 Å². The molecule has 0 saturated carbocycles.